The predicted molar refractivity (Wildman–Crippen MR) is 93.0 cm³/mol. The fourth-order valence-electron chi connectivity index (χ4n) is 2.85. The van der Waals surface area contributed by atoms with Crippen LogP contribution in [0.5, 0.6) is 11.5 Å². The molecule has 0 amide bonds. The topological polar surface area (TPSA) is 70.5 Å². The summed E-state index contributed by atoms with van der Waals surface area (Å²) in [6.07, 6.45) is 2.70. The Kier molecular flexibility index (Phi) is 5.16. The van der Waals surface area contributed by atoms with E-state index in [1.165, 1.54) is 22.3 Å². The van der Waals surface area contributed by atoms with E-state index >= 15 is 0 Å². The van der Waals surface area contributed by atoms with E-state index in [4.69, 9.17) is 20.9 Å². The third kappa shape index (κ3) is 3.66. The molecule has 0 saturated heterocycles. The van der Waals surface area contributed by atoms with Gasteiger partial charge in [0, 0.05) is 0 Å². The summed E-state index contributed by atoms with van der Waals surface area (Å²) in [5, 5.41) is 0. The van der Waals surface area contributed by atoms with E-state index < -0.39 is 0 Å². The highest BCUT2D eigenvalue weighted by molar-refractivity contribution is 5.78. The Labute approximate surface area is 137 Å². The van der Waals surface area contributed by atoms with Crippen LogP contribution < -0.4 is 20.9 Å². The van der Waals surface area contributed by atoms with Crippen molar-refractivity contribution in [1.29, 1.82) is 0 Å². The molecule has 4 N–H and O–H groups in total. The van der Waals surface area contributed by atoms with Crippen LogP contribution in [-0.2, 0) is 6.42 Å². The first-order valence-electron chi connectivity index (χ1n) is 8.24. The predicted octanol–water partition coefficient (Wildman–Crippen LogP) is 2.71. The van der Waals surface area contributed by atoms with Gasteiger partial charge in [-0.05, 0) is 78.9 Å². The summed E-state index contributed by atoms with van der Waals surface area (Å²) in [6, 6.07) is 12.6. The van der Waals surface area contributed by atoms with Crippen molar-refractivity contribution in [2.24, 2.45) is 11.5 Å². The van der Waals surface area contributed by atoms with Crippen molar-refractivity contribution >= 4 is 0 Å². The van der Waals surface area contributed by atoms with E-state index in [0.717, 1.165) is 30.8 Å². The Morgan fingerprint density at radius 2 is 1.22 bits per heavy atom. The van der Waals surface area contributed by atoms with Crippen molar-refractivity contribution < 1.29 is 9.47 Å². The van der Waals surface area contributed by atoms with Crippen LogP contribution in [0.4, 0.5) is 0 Å². The van der Waals surface area contributed by atoms with E-state index in [1.807, 2.05) is 12.1 Å². The number of rotatable bonds is 8. The maximum atomic E-state index is 5.77. The molecule has 0 radical (unpaired) electrons. The number of hydrogen-bond donors (Lipinski definition) is 2. The number of ether oxygens (including phenoxy) is 2. The van der Waals surface area contributed by atoms with Gasteiger partial charge in [-0.1, -0.05) is 12.1 Å². The summed E-state index contributed by atoms with van der Waals surface area (Å²) in [5.41, 5.74) is 16.2. The number of benzene rings is 2. The van der Waals surface area contributed by atoms with E-state index in [9.17, 15) is 0 Å². The summed E-state index contributed by atoms with van der Waals surface area (Å²) in [4.78, 5) is 0. The lowest BCUT2D eigenvalue weighted by Crippen LogP contribution is -2.06. The van der Waals surface area contributed by atoms with Crippen molar-refractivity contribution in [3.05, 3.63) is 47.5 Å². The molecule has 1 aliphatic carbocycles. The Hall–Kier alpha value is -2.04. The van der Waals surface area contributed by atoms with Gasteiger partial charge in [-0.3, -0.25) is 0 Å². The largest absolute Gasteiger partial charge is 0.494 e. The third-order valence-electron chi connectivity index (χ3n) is 4.07. The third-order valence-corrected chi connectivity index (χ3v) is 4.07. The average molecular weight is 312 g/mol. The van der Waals surface area contributed by atoms with Gasteiger partial charge in [0.1, 0.15) is 11.5 Å². The first kappa shape index (κ1) is 15.8. The molecule has 1 aliphatic rings. The minimum atomic E-state index is 0.650. The van der Waals surface area contributed by atoms with E-state index in [2.05, 4.69) is 24.3 Å². The second kappa shape index (κ2) is 7.49. The molecule has 0 spiro atoms. The normalized spacial score (nSPS) is 11.9. The van der Waals surface area contributed by atoms with Crippen LogP contribution >= 0.6 is 0 Å². The molecule has 2 aromatic rings. The molecule has 0 aliphatic heterocycles. The maximum absolute atomic E-state index is 5.77. The van der Waals surface area contributed by atoms with Gasteiger partial charge in [0.2, 0.25) is 0 Å². The quantitative estimate of drug-likeness (QED) is 0.627. The maximum Gasteiger partial charge on any atom is 0.119 e. The zero-order valence-electron chi connectivity index (χ0n) is 13.4. The molecule has 0 atom stereocenters. The van der Waals surface area contributed by atoms with Crippen LogP contribution in [0.1, 0.15) is 24.0 Å². The number of nitrogens with two attached hydrogens (primary N) is 2. The fourth-order valence-corrected chi connectivity index (χ4v) is 2.85. The lowest BCUT2D eigenvalue weighted by molar-refractivity contribution is 0.313. The standard InChI is InChI=1S/C19H24N2O2/c20-7-1-9-22-16-5-3-14-11-15-4-6-17(23-10-2-8-21)13-19(15)18(14)12-16/h3-6,12-13H,1-2,7-11,20-21H2. The highest BCUT2D eigenvalue weighted by atomic mass is 16.5. The van der Waals surface area contributed by atoms with Gasteiger partial charge in [0.15, 0.2) is 0 Å². The van der Waals surface area contributed by atoms with E-state index in [1.54, 1.807) is 0 Å². The Morgan fingerprint density at radius 1 is 0.739 bits per heavy atom. The Morgan fingerprint density at radius 3 is 1.65 bits per heavy atom. The smallest absolute Gasteiger partial charge is 0.119 e. The van der Waals surface area contributed by atoms with Gasteiger partial charge in [0.25, 0.3) is 0 Å². The van der Waals surface area contributed by atoms with Gasteiger partial charge in [-0.2, -0.15) is 0 Å². The van der Waals surface area contributed by atoms with Gasteiger partial charge >= 0.3 is 0 Å². The van der Waals surface area contributed by atoms with Crippen LogP contribution in [0.2, 0.25) is 0 Å². The summed E-state index contributed by atoms with van der Waals surface area (Å²) >= 11 is 0. The molecule has 4 nitrogen and oxygen atoms in total. The number of fused-ring (bicyclic) bond motifs is 3. The van der Waals surface area contributed by atoms with Gasteiger partial charge in [-0.25, -0.2) is 0 Å². The molecule has 122 valence electrons. The van der Waals surface area contributed by atoms with Gasteiger partial charge in [-0.15, -0.1) is 0 Å². The minimum absolute atomic E-state index is 0.650. The second-order valence-corrected chi connectivity index (χ2v) is 5.80. The number of hydrogen-bond acceptors (Lipinski definition) is 4. The van der Waals surface area contributed by atoms with Gasteiger partial charge in [0.05, 0.1) is 13.2 Å². The highest BCUT2D eigenvalue weighted by Gasteiger charge is 2.19. The molecular formula is C19H24N2O2. The molecule has 23 heavy (non-hydrogen) atoms. The first-order valence-corrected chi connectivity index (χ1v) is 8.24. The fraction of sp³-hybridized carbons (Fsp3) is 0.368. The van der Waals surface area contributed by atoms with Crippen LogP contribution in [0, 0.1) is 0 Å². The highest BCUT2D eigenvalue weighted by Crippen LogP contribution is 2.40. The van der Waals surface area contributed by atoms with Crippen LogP contribution in [0.25, 0.3) is 11.1 Å². The molecule has 2 aromatic carbocycles. The first-order chi connectivity index (χ1) is 11.3. The zero-order valence-corrected chi connectivity index (χ0v) is 13.4. The monoisotopic (exact) mass is 312 g/mol. The average Bonchev–Trinajstić information content (AvgIpc) is 2.93. The summed E-state index contributed by atoms with van der Waals surface area (Å²) in [6.45, 7) is 2.61. The molecule has 0 aromatic heterocycles. The van der Waals surface area contributed by atoms with Crippen LogP contribution in [-0.4, -0.2) is 26.3 Å². The second-order valence-electron chi connectivity index (χ2n) is 5.80. The van der Waals surface area contributed by atoms with Crippen LogP contribution in [0.3, 0.4) is 0 Å². The van der Waals surface area contributed by atoms with Crippen LogP contribution in [0.15, 0.2) is 36.4 Å². The van der Waals surface area contributed by atoms with Crippen molar-refractivity contribution in [1.82, 2.24) is 0 Å². The van der Waals surface area contributed by atoms with Gasteiger partial charge < -0.3 is 20.9 Å². The lowest BCUT2D eigenvalue weighted by Gasteiger charge is -2.09. The minimum Gasteiger partial charge on any atom is -0.494 e. The lowest BCUT2D eigenvalue weighted by atomic mass is 10.1. The molecule has 4 heteroatoms. The molecule has 0 heterocycles. The summed E-state index contributed by atoms with van der Waals surface area (Å²) in [7, 11) is 0. The molecule has 3 rings (SSSR count). The Balaban J connectivity index is 1.79. The van der Waals surface area contributed by atoms with E-state index in [0.29, 0.717) is 26.3 Å². The summed E-state index contributed by atoms with van der Waals surface area (Å²) in [5.74, 6) is 1.80. The van der Waals surface area contributed by atoms with Crippen molar-refractivity contribution in [3.8, 4) is 22.6 Å². The zero-order chi connectivity index (χ0) is 16.1. The van der Waals surface area contributed by atoms with E-state index in [-0.39, 0.29) is 0 Å². The summed E-state index contributed by atoms with van der Waals surface area (Å²) < 4.78 is 11.5. The molecule has 0 fully saturated rings. The molecule has 0 unspecified atom stereocenters. The molecular weight excluding hydrogens is 288 g/mol. The SMILES string of the molecule is NCCCOc1ccc2c(c1)-c1cc(OCCCN)ccc1C2. The Bertz CT molecular complexity index is 613. The molecule has 0 bridgehead atoms. The van der Waals surface area contributed by atoms with Crippen molar-refractivity contribution in [3.63, 3.8) is 0 Å². The van der Waals surface area contributed by atoms with Crippen molar-refractivity contribution in [2.75, 3.05) is 26.3 Å². The molecule has 0 saturated carbocycles. The van der Waals surface area contributed by atoms with Crippen molar-refractivity contribution in [2.45, 2.75) is 19.3 Å².